The first-order chi connectivity index (χ1) is 13.3. The number of amides is 2. The molecule has 9 heteroatoms. The number of rotatable bonds is 5. The van der Waals surface area contributed by atoms with Crippen molar-refractivity contribution in [2.24, 2.45) is 0 Å². The number of benzene rings is 2. The van der Waals surface area contributed by atoms with E-state index in [0.29, 0.717) is 11.7 Å². The second-order valence-corrected chi connectivity index (χ2v) is 7.36. The fraction of sp³-hybridized carbons (Fsp3) is 0.211. The normalized spacial score (nSPS) is 10.3. The maximum absolute atomic E-state index is 12.9. The second-order valence-electron chi connectivity index (χ2n) is 6.10. The van der Waals surface area contributed by atoms with E-state index in [1.165, 1.54) is 12.1 Å². The van der Waals surface area contributed by atoms with Gasteiger partial charge in [0.05, 0.1) is 4.47 Å². The number of thiocarbonyl (C=S) groups is 1. The highest BCUT2D eigenvalue weighted by Crippen LogP contribution is 2.28. The highest BCUT2D eigenvalue weighted by atomic mass is 79.9. The molecule has 0 heterocycles. The number of hydrogen-bond donors (Lipinski definition) is 3. The molecule has 0 radical (unpaired) electrons. The molecule has 148 valence electrons. The van der Waals surface area contributed by atoms with E-state index in [-0.39, 0.29) is 17.3 Å². The van der Waals surface area contributed by atoms with Crippen molar-refractivity contribution in [2.45, 2.75) is 19.8 Å². The van der Waals surface area contributed by atoms with Gasteiger partial charge in [-0.25, -0.2) is 4.39 Å². The highest BCUT2D eigenvalue weighted by molar-refractivity contribution is 9.10. The molecule has 0 unspecified atom stereocenters. The van der Waals surface area contributed by atoms with Gasteiger partial charge >= 0.3 is 0 Å². The Kier molecular flexibility index (Phi) is 7.89. The summed E-state index contributed by atoms with van der Waals surface area (Å²) in [5, 5.41) is 2.26. The first-order valence-corrected chi connectivity index (χ1v) is 9.54. The molecule has 0 aliphatic carbocycles. The van der Waals surface area contributed by atoms with Gasteiger partial charge < -0.3 is 4.74 Å². The SMILES string of the molecule is CC(C)c1ccc(OCC(=O)NNC(=S)NC(=O)c2ccc(F)cc2)c(Br)c1. The number of carbonyl (C=O) groups is 2. The van der Waals surface area contributed by atoms with Crippen LogP contribution in [0.3, 0.4) is 0 Å². The van der Waals surface area contributed by atoms with Crippen LogP contribution in [0.15, 0.2) is 46.9 Å². The quantitative estimate of drug-likeness (QED) is 0.463. The Bertz CT molecular complexity index is 875. The van der Waals surface area contributed by atoms with Crippen LogP contribution in [-0.4, -0.2) is 23.5 Å². The summed E-state index contributed by atoms with van der Waals surface area (Å²) in [5.41, 5.74) is 6.10. The fourth-order valence-electron chi connectivity index (χ4n) is 2.11. The lowest BCUT2D eigenvalue weighted by atomic mass is 10.0. The molecule has 0 fully saturated rings. The summed E-state index contributed by atoms with van der Waals surface area (Å²) in [6.45, 7) is 3.92. The van der Waals surface area contributed by atoms with Gasteiger partial charge in [-0.3, -0.25) is 25.8 Å². The molecule has 0 aromatic heterocycles. The van der Waals surface area contributed by atoms with Gasteiger partial charge in [-0.1, -0.05) is 19.9 Å². The molecule has 28 heavy (non-hydrogen) atoms. The largest absolute Gasteiger partial charge is 0.483 e. The Morgan fingerprint density at radius 2 is 1.82 bits per heavy atom. The van der Waals surface area contributed by atoms with Crippen molar-refractivity contribution in [1.82, 2.24) is 16.2 Å². The minimum Gasteiger partial charge on any atom is -0.483 e. The third-order valence-electron chi connectivity index (χ3n) is 3.63. The Morgan fingerprint density at radius 3 is 2.43 bits per heavy atom. The summed E-state index contributed by atoms with van der Waals surface area (Å²) in [6.07, 6.45) is 0. The monoisotopic (exact) mass is 467 g/mol. The smallest absolute Gasteiger partial charge is 0.276 e. The molecule has 0 saturated heterocycles. The van der Waals surface area contributed by atoms with Crippen LogP contribution in [-0.2, 0) is 4.79 Å². The second kappa shape index (κ2) is 10.1. The van der Waals surface area contributed by atoms with Gasteiger partial charge in [-0.2, -0.15) is 0 Å². The van der Waals surface area contributed by atoms with E-state index in [1.54, 1.807) is 6.07 Å². The van der Waals surface area contributed by atoms with Gasteiger partial charge in [-0.15, -0.1) is 0 Å². The summed E-state index contributed by atoms with van der Waals surface area (Å²) in [5.74, 6) is -0.555. The predicted octanol–water partition coefficient (Wildman–Crippen LogP) is 3.43. The summed E-state index contributed by atoms with van der Waals surface area (Å²) >= 11 is 8.35. The van der Waals surface area contributed by atoms with Gasteiger partial charge in [-0.05, 0) is 76.0 Å². The number of nitrogens with one attached hydrogen (secondary N) is 3. The van der Waals surface area contributed by atoms with Gasteiger partial charge in [0.15, 0.2) is 11.7 Å². The summed E-state index contributed by atoms with van der Waals surface area (Å²) in [7, 11) is 0. The Hall–Kier alpha value is -2.52. The predicted molar refractivity (Wildman–Crippen MR) is 111 cm³/mol. The minimum absolute atomic E-state index is 0.106. The zero-order chi connectivity index (χ0) is 20.7. The maximum Gasteiger partial charge on any atom is 0.276 e. The zero-order valence-corrected chi connectivity index (χ0v) is 17.6. The average Bonchev–Trinajstić information content (AvgIpc) is 2.65. The molecule has 6 nitrogen and oxygen atoms in total. The van der Waals surface area contributed by atoms with E-state index in [4.69, 9.17) is 17.0 Å². The first-order valence-electron chi connectivity index (χ1n) is 8.34. The summed E-state index contributed by atoms with van der Waals surface area (Å²) in [4.78, 5) is 23.8. The van der Waals surface area contributed by atoms with Crippen molar-refractivity contribution < 1.29 is 18.7 Å². The number of halogens is 2. The van der Waals surface area contributed by atoms with Crippen LogP contribution < -0.4 is 20.9 Å². The molecule has 0 bridgehead atoms. The lowest BCUT2D eigenvalue weighted by Crippen LogP contribution is -2.49. The van der Waals surface area contributed by atoms with E-state index in [2.05, 4.69) is 45.9 Å². The van der Waals surface area contributed by atoms with Crippen molar-refractivity contribution in [1.29, 1.82) is 0 Å². The van der Waals surface area contributed by atoms with Crippen molar-refractivity contribution >= 4 is 45.1 Å². The van der Waals surface area contributed by atoms with E-state index in [9.17, 15) is 14.0 Å². The van der Waals surface area contributed by atoms with Crippen LogP contribution in [0.4, 0.5) is 4.39 Å². The van der Waals surface area contributed by atoms with E-state index < -0.39 is 17.6 Å². The molecule has 2 aromatic carbocycles. The standard InChI is InChI=1S/C19H19BrFN3O3S/c1-11(2)13-5-8-16(15(20)9-13)27-10-17(25)23-24-19(28)22-18(26)12-3-6-14(21)7-4-12/h3-9,11H,10H2,1-2H3,(H,23,25)(H2,22,24,26,28). The molecular weight excluding hydrogens is 449 g/mol. The average molecular weight is 468 g/mol. The molecule has 2 rings (SSSR count). The minimum atomic E-state index is -0.530. The third kappa shape index (κ3) is 6.58. The van der Waals surface area contributed by atoms with Crippen LogP contribution in [0.25, 0.3) is 0 Å². The van der Waals surface area contributed by atoms with E-state index in [0.717, 1.165) is 22.2 Å². The van der Waals surface area contributed by atoms with Crippen molar-refractivity contribution in [3.05, 3.63) is 63.9 Å². The number of ether oxygens (including phenoxy) is 1. The Balaban J connectivity index is 1.76. The molecular formula is C19H19BrFN3O3S. The number of hydrogen-bond acceptors (Lipinski definition) is 4. The van der Waals surface area contributed by atoms with Crippen molar-refractivity contribution in [3.8, 4) is 5.75 Å². The highest BCUT2D eigenvalue weighted by Gasteiger charge is 2.10. The van der Waals surface area contributed by atoms with Gasteiger partial charge in [0.1, 0.15) is 11.6 Å². The van der Waals surface area contributed by atoms with Crippen LogP contribution in [0.1, 0.15) is 35.7 Å². The number of carbonyl (C=O) groups excluding carboxylic acids is 2. The Morgan fingerprint density at radius 1 is 1.14 bits per heavy atom. The first kappa shape index (κ1) is 21.8. The lowest BCUT2D eigenvalue weighted by molar-refractivity contribution is -0.123. The molecule has 2 amide bonds. The maximum atomic E-state index is 12.9. The molecule has 0 aliphatic rings. The molecule has 2 aromatic rings. The number of hydrazine groups is 1. The molecule has 0 saturated carbocycles. The molecule has 0 atom stereocenters. The summed E-state index contributed by atoms with van der Waals surface area (Å²) < 4.78 is 19.1. The van der Waals surface area contributed by atoms with Crippen LogP contribution >= 0.6 is 28.1 Å². The molecule has 0 spiro atoms. The fourth-order valence-corrected chi connectivity index (χ4v) is 2.76. The van der Waals surface area contributed by atoms with Gasteiger partial charge in [0, 0.05) is 5.56 Å². The van der Waals surface area contributed by atoms with Crippen LogP contribution in [0.2, 0.25) is 0 Å². The lowest BCUT2D eigenvalue weighted by Gasteiger charge is -2.13. The summed E-state index contributed by atoms with van der Waals surface area (Å²) in [6, 6.07) is 10.6. The van der Waals surface area contributed by atoms with Gasteiger partial charge in [0.2, 0.25) is 0 Å². The van der Waals surface area contributed by atoms with Crippen molar-refractivity contribution in [2.75, 3.05) is 6.61 Å². The van der Waals surface area contributed by atoms with Gasteiger partial charge in [0.25, 0.3) is 11.8 Å². The zero-order valence-electron chi connectivity index (χ0n) is 15.2. The molecule has 0 aliphatic heterocycles. The molecule has 3 N–H and O–H groups in total. The van der Waals surface area contributed by atoms with Crippen LogP contribution in [0.5, 0.6) is 5.75 Å². The Labute approximate surface area is 175 Å². The van der Waals surface area contributed by atoms with E-state index >= 15 is 0 Å². The van der Waals surface area contributed by atoms with Crippen molar-refractivity contribution in [3.63, 3.8) is 0 Å². The van der Waals surface area contributed by atoms with Crippen LogP contribution in [0, 0.1) is 5.82 Å². The topological polar surface area (TPSA) is 79.5 Å². The van der Waals surface area contributed by atoms with E-state index in [1.807, 2.05) is 12.1 Å². The third-order valence-corrected chi connectivity index (χ3v) is 4.45.